The SMILES string of the molecule is O=S(=O)(c1ccccc1)N1CCCC12CCNCC2. The molecule has 5 heteroatoms. The zero-order valence-corrected chi connectivity index (χ0v) is 11.8. The molecular weight excluding hydrogens is 260 g/mol. The van der Waals surface area contributed by atoms with Crippen LogP contribution in [0.5, 0.6) is 0 Å². The first-order valence-corrected chi connectivity index (χ1v) is 8.38. The van der Waals surface area contributed by atoms with Crippen LogP contribution in [-0.4, -0.2) is 37.9 Å². The fourth-order valence-corrected chi connectivity index (χ4v) is 5.31. The minimum atomic E-state index is -3.34. The van der Waals surface area contributed by atoms with Gasteiger partial charge in [0.2, 0.25) is 10.0 Å². The van der Waals surface area contributed by atoms with E-state index < -0.39 is 10.0 Å². The van der Waals surface area contributed by atoms with Crippen molar-refractivity contribution < 1.29 is 8.42 Å². The summed E-state index contributed by atoms with van der Waals surface area (Å²) in [6.07, 6.45) is 3.84. The standard InChI is InChI=1S/C14H20N2O2S/c17-19(18,13-5-2-1-3-6-13)16-12-4-7-14(16)8-10-15-11-9-14/h1-3,5-6,15H,4,7-12H2. The van der Waals surface area contributed by atoms with Crippen LogP contribution >= 0.6 is 0 Å². The van der Waals surface area contributed by atoms with Crippen LogP contribution in [0.15, 0.2) is 35.2 Å². The molecule has 2 saturated heterocycles. The first kappa shape index (κ1) is 13.1. The Morgan fingerprint density at radius 2 is 1.74 bits per heavy atom. The maximum Gasteiger partial charge on any atom is 0.243 e. The topological polar surface area (TPSA) is 49.4 Å². The molecule has 3 rings (SSSR count). The molecule has 2 aliphatic heterocycles. The molecule has 104 valence electrons. The summed E-state index contributed by atoms with van der Waals surface area (Å²) in [7, 11) is -3.34. The van der Waals surface area contributed by atoms with Crippen LogP contribution in [0.4, 0.5) is 0 Å². The van der Waals surface area contributed by atoms with Gasteiger partial charge in [-0.15, -0.1) is 0 Å². The van der Waals surface area contributed by atoms with E-state index in [4.69, 9.17) is 0 Å². The second-order valence-electron chi connectivity index (χ2n) is 5.47. The van der Waals surface area contributed by atoms with Crippen molar-refractivity contribution in [2.45, 2.75) is 36.1 Å². The number of hydrogen-bond acceptors (Lipinski definition) is 3. The number of rotatable bonds is 2. The molecule has 0 atom stereocenters. The van der Waals surface area contributed by atoms with Gasteiger partial charge in [-0.1, -0.05) is 18.2 Å². The Morgan fingerprint density at radius 3 is 2.42 bits per heavy atom. The van der Waals surface area contributed by atoms with E-state index in [2.05, 4.69) is 5.32 Å². The van der Waals surface area contributed by atoms with Crippen molar-refractivity contribution >= 4 is 10.0 Å². The molecule has 2 heterocycles. The summed E-state index contributed by atoms with van der Waals surface area (Å²) < 4.78 is 27.4. The zero-order chi connectivity index (χ0) is 13.3. The van der Waals surface area contributed by atoms with Gasteiger partial charge in [-0.3, -0.25) is 0 Å². The Labute approximate surface area is 114 Å². The van der Waals surface area contributed by atoms with E-state index in [0.29, 0.717) is 11.4 Å². The molecule has 0 aromatic heterocycles. The summed E-state index contributed by atoms with van der Waals surface area (Å²) in [5.41, 5.74) is -0.139. The molecule has 0 amide bonds. The normalized spacial score (nSPS) is 23.8. The predicted octanol–water partition coefficient (Wildman–Crippen LogP) is 1.59. The first-order chi connectivity index (χ1) is 9.15. The van der Waals surface area contributed by atoms with Crippen LogP contribution < -0.4 is 5.32 Å². The van der Waals surface area contributed by atoms with Crippen LogP contribution in [0.1, 0.15) is 25.7 Å². The first-order valence-electron chi connectivity index (χ1n) is 6.94. The van der Waals surface area contributed by atoms with Crippen LogP contribution in [-0.2, 0) is 10.0 Å². The lowest BCUT2D eigenvalue weighted by molar-refractivity contribution is 0.181. The van der Waals surface area contributed by atoms with E-state index in [1.807, 2.05) is 6.07 Å². The molecule has 0 aliphatic carbocycles. The number of piperidine rings is 1. The Kier molecular flexibility index (Phi) is 3.37. The maximum absolute atomic E-state index is 12.8. The Morgan fingerprint density at radius 1 is 1.05 bits per heavy atom. The monoisotopic (exact) mass is 280 g/mol. The lowest BCUT2D eigenvalue weighted by atomic mass is 9.87. The van der Waals surface area contributed by atoms with E-state index in [1.54, 1.807) is 28.6 Å². The fourth-order valence-electron chi connectivity index (χ4n) is 3.40. The summed E-state index contributed by atoms with van der Waals surface area (Å²) in [6, 6.07) is 8.82. The van der Waals surface area contributed by atoms with Crippen molar-refractivity contribution in [2.24, 2.45) is 0 Å². The van der Waals surface area contributed by atoms with Gasteiger partial charge < -0.3 is 5.32 Å². The van der Waals surface area contributed by atoms with E-state index in [9.17, 15) is 8.42 Å². The molecule has 2 aliphatic rings. The fraction of sp³-hybridized carbons (Fsp3) is 0.571. The van der Waals surface area contributed by atoms with Crippen molar-refractivity contribution in [1.82, 2.24) is 9.62 Å². The molecule has 1 spiro atoms. The van der Waals surface area contributed by atoms with Crippen molar-refractivity contribution in [3.05, 3.63) is 30.3 Å². The molecule has 0 radical (unpaired) electrons. The highest BCUT2D eigenvalue weighted by atomic mass is 32.2. The average molecular weight is 280 g/mol. The quantitative estimate of drug-likeness (QED) is 0.895. The van der Waals surface area contributed by atoms with Gasteiger partial charge in [-0.25, -0.2) is 8.42 Å². The van der Waals surface area contributed by atoms with Gasteiger partial charge in [0.1, 0.15) is 0 Å². The van der Waals surface area contributed by atoms with Crippen molar-refractivity contribution in [3.8, 4) is 0 Å². The molecule has 0 saturated carbocycles. The average Bonchev–Trinajstić information content (AvgIpc) is 2.84. The Balaban J connectivity index is 1.96. The molecule has 19 heavy (non-hydrogen) atoms. The highest BCUT2D eigenvalue weighted by Crippen LogP contribution is 2.40. The Bertz CT molecular complexity index is 536. The second kappa shape index (κ2) is 4.89. The van der Waals surface area contributed by atoms with Gasteiger partial charge in [0.25, 0.3) is 0 Å². The number of hydrogen-bond donors (Lipinski definition) is 1. The lowest BCUT2D eigenvalue weighted by Crippen LogP contribution is -2.52. The molecule has 0 unspecified atom stereocenters. The van der Waals surface area contributed by atoms with Crippen LogP contribution in [0.25, 0.3) is 0 Å². The third kappa shape index (κ3) is 2.20. The van der Waals surface area contributed by atoms with E-state index in [-0.39, 0.29) is 5.54 Å². The molecule has 1 aromatic rings. The van der Waals surface area contributed by atoms with Crippen LogP contribution in [0.3, 0.4) is 0 Å². The molecule has 2 fully saturated rings. The third-order valence-electron chi connectivity index (χ3n) is 4.40. The van der Waals surface area contributed by atoms with Gasteiger partial charge >= 0.3 is 0 Å². The number of nitrogens with zero attached hydrogens (tertiary/aromatic N) is 1. The summed E-state index contributed by atoms with van der Waals surface area (Å²) in [5, 5.41) is 3.33. The summed E-state index contributed by atoms with van der Waals surface area (Å²) in [4.78, 5) is 0.426. The number of nitrogens with one attached hydrogen (secondary N) is 1. The molecule has 0 bridgehead atoms. The van der Waals surface area contributed by atoms with E-state index in [0.717, 1.165) is 38.8 Å². The predicted molar refractivity (Wildman–Crippen MR) is 74.4 cm³/mol. The highest BCUT2D eigenvalue weighted by Gasteiger charge is 2.47. The van der Waals surface area contributed by atoms with Gasteiger partial charge in [-0.05, 0) is 50.9 Å². The van der Waals surface area contributed by atoms with E-state index >= 15 is 0 Å². The number of sulfonamides is 1. The molecule has 4 nitrogen and oxygen atoms in total. The van der Waals surface area contributed by atoms with Gasteiger partial charge in [0.05, 0.1) is 4.90 Å². The van der Waals surface area contributed by atoms with Crippen LogP contribution in [0.2, 0.25) is 0 Å². The minimum absolute atomic E-state index is 0.139. The number of benzene rings is 1. The largest absolute Gasteiger partial charge is 0.317 e. The van der Waals surface area contributed by atoms with Crippen molar-refractivity contribution in [2.75, 3.05) is 19.6 Å². The summed E-state index contributed by atoms with van der Waals surface area (Å²) >= 11 is 0. The van der Waals surface area contributed by atoms with Crippen molar-refractivity contribution in [3.63, 3.8) is 0 Å². The molecule has 1 aromatic carbocycles. The molecule has 1 N–H and O–H groups in total. The second-order valence-corrected chi connectivity index (χ2v) is 7.33. The minimum Gasteiger partial charge on any atom is -0.317 e. The van der Waals surface area contributed by atoms with Gasteiger partial charge in [0, 0.05) is 12.1 Å². The maximum atomic E-state index is 12.8. The molecular formula is C14H20N2O2S. The summed E-state index contributed by atoms with van der Waals surface area (Å²) in [5.74, 6) is 0. The van der Waals surface area contributed by atoms with Crippen molar-refractivity contribution in [1.29, 1.82) is 0 Å². The lowest BCUT2D eigenvalue weighted by Gasteiger charge is -2.40. The highest BCUT2D eigenvalue weighted by molar-refractivity contribution is 7.89. The summed E-state index contributed by atoms with van der Waals surface area (Å²) in [6.45, 7) is 2.50. The third-order valence-corrected chi connectivity index (χ3v) is 6.42. The smallest absolute Gasteiger partial charge is 0.243 e. The van der Waals surface area contributed by atoms with Gasteiger partial charge in [-0.2, -0.15) is 4.31 Å². The Hall–Kier alpha value is -0.910. The van der Waals surface area contributed by atoms with Crippen LogP contribution in [0, 0.1) is 0 Å². The van der Waals surface area contributed by atoms with E-state index in [1.165, 1.54) is 0 Å². The van der Waals surface area contributed by atoms with Gasteiger partial charge in [0.15, 0.2) is 0 Å². The zero-order valence-electron chi connectivity index (χ0n) is 11.0.